The molecule has 0 bridgehead atoms. The molecule has 110 valence electrons. The molecule has 0 aliphatic heterocycles. The maximum absolute atomic E-state index is 10.6. The highest BCUT2D eigenvalue weighted by molar-refractivity contribution is 5.32. The van der Waals surface area contributed by atoms with E-state index in [1.165, 1.54) is 12.1 Å². The Labute approximate surface area is 119 Å². The Kier molecular flexibility index (Phi) is 4.73. The maximum atomic E-state index is 10.6. The average Bonchev–Trinajstić information content (AvgIpc) is 2.48. The molecule has 0 aromatic heterocycles. The van der Waals surface area contributed by atoms with Crippen molar-refractivity contribution in [3.05, 3.63) is 39.9 Å². The Hall–Kier alpha value is -1.46. The molecular formula is C15H22N2O3. The Morgan fingerprint density at radius 3 is 2.45 bits per heavy atom. The van der Waals surface area contributed by atoms with Crippen LogP contribution in [0.15, 0.2) is 24.3 Å². The van der Waals surface area contributed by atoms with Crippen molar-refractivity contribution < 1.29 is 10.0 Å². The highest BCUT2D eigenvalue weighted by Crippen LogP contribution is 2.31. The molecule has 1 aromatic carbocycles. The lowest BCUT2D eigenvalue weighted by Gasteiger charge is -2.39. The highest BCUT2D eigenvalue weighted by atomic mass is 16.6. The zero-order valence-corrected chi connectivity index (χ0v) is 11.8. The molecule has 1 aliphatic rings. The van der Waals surface area contributed by atoms with Crippen molar-refractivity contribution in [2.24, 2.45) is 5.92 Å². The van der Waals surface area contributed by atoms with Gasteiger partial charge in [-0.15, -0.1) is 0 Å². The number of nitrogens with one attached hydrogen (secondary N) is 1. The van der Waals surface area contributed by atoms with E-state index in [0.717, 1.165) is 37.2 Å². The summed E-state index contributed by atoms with van der Waals surface area (Å²) in [4.78, 5) is 10.2. The first-order valence-corrected chi connectivity index (χ1v) is 7.14. The fourth-order valence-corrected chi connectivity index (χ4v) is 2.73. The standard InChI is InChI=1S/C15H22N2O3/c1-12-6-8-15(11-18,9-7-12)16-10-13-2-4-14(5-3-13)17(19)20/h2-5,12,16,18H,6-11H2,1H3. The molecule has 1 aliphatic carbocycles. The smallest absolute Gasteiger partial charge is 0.269 e. The van der Waals surface area contributed by atoms with Gasteiger partial charge in [0.2, 0.25) is 0 Å². The van der Waals surface area contributed by atoms with Gasteiger partial charge in [-0.25, -0.2) is 0 Å². The first-order valence-electron chi connectivity index (χ1n) is 7.14. The van der Waals surface area contributed by atoms with Gasteiger partial charge in [-0.1, -0.05) is 19.1 Å². The van der Waals surface area contributed by atoms with Crippen molar-refractivity contribution in [1.82, 2.24) is 5.32 Å². The van der Waals surface area contributed by atoms with E-state index in [4.69, 9.17) is 0 Å². The SMILES string of the molecule is CC1CCC(CO)(NCc2ccc([N+](=O)[O-])cc2)CC1. The fourth-order valence-electron chi connectivity index (χ4n) is 2.73. The van der Waals surface area contributed by atoms with Crippen LogP contribution in [0.5, 0.6) is 0 Å². The minimum Gasteiger partial charge on any atom is -0.394 e. The van der Waals surface area contributed by atoms with E-state index in [0.29, 0.717) is 6.54 Å². The molecule has 1 fully saturated rings. The van der Waals surface area contributed by atoms with Crippen LogP contribution in [0.25, 0.3) is 0 Å². The predicted octanol–water partition coefficient (Wildman–Crippen LogP) is 2.63. The summed E-state index contributed by atoms with van der Waals surface area (Å²) >= 11 is 0. The van der Waals surface area contributed by atoms with E-state index in [2.05, 4.69) is 12.2 Å². The molecule has 20 heavy (non-hydrogen) atoms. The Balaban J connectivity index is 1.94. The molecule has 0 saturated heterocycles. The molecule has 0 amide bonds. The van der Waals surface area contributed by atoms with Crippen molar-refractivity contribution >= 4 is 5.69 Å². The second-order valence-electron chi connectivity index (χ2n) is 5.90. The molecule has 5 nitrogen and oxygen atoms in total. The topological polar surface area (TPSA) is 75.4 Å². The van der Waals surface area contributed by atoms with Gasteiger partial charge in [0.25, 0.3) is 5.69 Å². The van der Waals surface area contributed by atoms with Gasteiger partial charge in [-0.2, -0.15) is 0 Å². The van der Waals surface area contributed by atoms with Crippen LogP contribution in [0.2, 0.25) is 0 Å². The molecule has 1 aromatic rings. The molecule has 0 radical (unpaired) electrons. The van der Waals surface area contributed by atoms with Gasteiger partial charge in [-0.3, -0.25) is 10.1 Å². The normalized spacial score (nSPS) is 26.4. The Morgan fingerprint density at radius 2 is 1.95 bits per heavy atom. The summed E-state index contributed by atoms with van der Waals surface area (Å²) < 4.78 is 0. The zero-order chi connectivity index (χ0) is 14.6. The summed E-state index contributed by atoms with van der Waals surface area (Å²) in [6.45, 7) is 3.03. The summed E-state index contributed by atoms with van der Waals surface area (Å²) in [7, 11) is 0. The molecule has 0 heterocycles. The van der Waals surface area contributed by atoms with Gasteiger partial charge in [0, 0.05) is 24.2 Å². The lowest BCUT2D eigenvalue weighted by Crippen LogP contribution is -2.50. The van der Waals surface area contributed by atoms with E-state index in [1.807, 2.05) is 0 Å². The van der Waals surface area contributed by atoms with Crippen LogP contribution >= 0.6 is 0 Å². The number of non-ortho nitro benzene ring substituents is 1. The third-order valence-electron chi connectivity index (χ3n) is 4.35. The quantitative estimate of drug-likeness (QED) is 0.641. The Morgan fingerprint density at radius 1 is 1.35 bits per heavy atom. The van der Waals surface area contributed by atoms with Crippen LogP contribution in [0.4, 0.5) is 5.69 Å². The summed E-state index contributed by atoms with van der Waals surface area (Å²) in [5, 5.41) is 23.7. The number of nitro benzene ring substituents is 1. The molecule has 2 rings (SSSR count). The number of rotatable bonds is 5. The van der Waals surface area contributed by atoms with E-state index in [1.54, 1.807) is 12.1 Å². The van der Waals surface area contributed by atoms with Crippen LogP contribution in [0.1, 0.15) is 38.2 Å². The minimum atomic E-state index is -0.394. The highest BCUT2D eigenvalue weighted by Gasteiger charge is 2.32. The van der Waals surface area contributed by atoms with E-state index >= 15 is 0 Å². The summed E-state index contributed by atoms with van der Waals surface area (Å²) in [5.74, 6) is 0.732. The van der Waals surface area contributed by atoms with Gasteiger partial charge in [0.1, 0.15) is 0 Å². The molecule has 5 heteroatoms. The summed E-state index contributed by atoms with van der Waals surface area (Å²) in [6, 6.07) is 6.57. The second kappa shape index (κ2) is 6.33. The first-order chi connectivity index (χ1) is 9.54. The van der Waals surface area contributed by atoms with Crippen molar-refractivity contribution in [3.8, 4) is 0 Å². The van der Waals surface area contributed by atoms with Gasteiger partial charge < -0.3 is 10.4 Å². The average molecular weight is 278 g/mol. The van der Waals surface area contributed by atoms with E-state index in [-0.39, 0.29) is 17.8 Å². The van der Waals surface area contributed by atoms with Crippen LogP contribution in [-0.2, 0) is 6.54 Å². The molecular weight excluding hydrogens is 256 g/mol. The van der Waals surface area contributed by atoms with Crippen molar-refractivity contribution in [3.63, 3.8) is 0 Å². The number of aliphatic hydroxyl groups excluding tert-OH is 1. The summed E-state index contributed by atoms with van der Waals surface area (Å²) in [5.41, 5.74) is 0.924. The number of aliphatic hydroxyl groups is 1. The molecule has 0 unspecified atom stereocenters. The number of hydrogen-bond acceptors (Lipinski definition) is 4. The van der Waals surface area contributed by atoms with Gasteiger partial charge >= 0.3 is 0 Å². The van der Waals surface area contributed by atoms with Crippen molar-refractivity contribution in [2.75, 3.05) is 6.61 Å². The van der Waals surface area contributed by atoms with Crippen molar-refractivity contribution in [1.29, 1.82) is 0 Å². The number of nitrogens with zero attached hydrogens (tertiary/aromatic N) is 1. The second-order valence-corrected chi connectivity index (χ2v) is 5.90. The zero-order valence-electron chi connectivity index (χ0n) is 11.8. The fraction of sp³-hybridized carbons (Fsp3) is 0.600. The monoisotopic (exact) mass is 278 g/mol. The van der Waals surface area contributed by atoms with Gasteiger partial charge in [0.15, 0.2) is 0 Å². The van der Waals surface area contributed by atoms with Crippen molar-refractivity contribution in [2.45, 2.75) is 44.7 Å². The van der Waals surface area contributed by atoms with E-state index in [9.17, 15) is 15.2 Å². The lowest BCUT2D eigenvalue weighted by atomic mass is 9.77. The molecule has 2 N–H and O–H groups in total. The third kappa shape index (κ3) is 3.55. The van der Waals surface area contributed by atoms with Gasteiger partial charge in [-0.05, 0) is 37.2 Å². The molecule has 0 spiro atoms. The predicted molar refractivity (Wildman–Crippen MR) is 77.4 cm³/mol. The largest absolute Gasteiger partial charge is 0.394 e. The van der Waals surface area contributed by atoms with Crippen LogP contribution in [0, 0.1) is 16.0 Å². The molecule has 1 saturated carbocycles. The molecule has 0 atom stereocenters. The number of benzene rings is 1. The minimum absolute atomic E-state index is 0.108. The number of nitro groups is 1. The maximum Gasteiger partial charge on any atom is 0.269 e. The van der Waals surface area contributed by atoms with Gasteiger partial charge in [0.05, 0.1) is 11.5 Å². The number of hydrogen-bond donors (Lipinski definition) is 2. The summed E-state index contributed by atoms with van der Waals surface area (Å²) in [6.07, 6.45) is 4.23. The lowest BCUT2D eigenvalue weighted by molar-refractivity contribution is -0.384. The van der Waals surface area contributed by atoms with E-state index < -0.39 is 4.92 Å². The van der Waals surface area contributed by atoms with Crippen LogP contribution < -0.4 is 5.32 Å². The van der Waals surface area contributed by atoms with Crippen LogP contribution in [-0.4, -0.2) is 22.2 Å². The third-order valence-corrected chi connectivity index (χ3v) is 4.35. The first kappa shape index (κ1) is 14.9. The Bertz CT molecular complexity index is 451. The van der Waals surface area contributed by atoms with Crippen LogP contribution in [0.3, 0.4) is 0 Å².